The second-order valence-electron chi connectivity index (χ2n) is 4.60. The molecule has 0 aliphatic heterocycles. The van der Waals surface area contributed by atoms with Crippen molar-refractivity contribution in [1.82, 2.24) is 10.6 Å². The highest BCUT2D eigenvalue weighted by atomic mass is 35.5. The Hall–Kier alpha value is -0.280. The molecule has 0 aliphatic rings. The van der Waals surface area contributed by atoms with Crippen LogP contribution in [0, 0.1) is 5.92 Å². The Balaban J connectivity index is 0. The molecule has 0 rings (SSSR count). The lowest BCUT2D eigenvalue weighted by Gasteiger charge is -2.20. The van der Waals surface area contributed by atoms with Crippen LogP contribution >= 0.6 is 12.4 Å². The van der Waals surface area contributed by atoms with Gasteiger partial charge in [-0.25, -0.2) is 0 Å². The van der Waals surface area contributed by atoms with Crippen molar-refractivity contribution in [2.75, 3.05) is 13.6 Å². The predicted octanol–water partition coefficient (Wildman–Crippen LogP) is 2.74. The molecule has 17 heavy (non-hydrogen) atoms. The van der Waals surface area contributed by atoms with Gasteiger partial charge in [0, 0.05) is 18.5 Å². The first-order valence-corrected chi connectivity index (χ1v) is 6.60. The second kappa shape index (κ2) is 12.2. The van der Waals surface area contributed by atoms with E-state index >= 15 is 0 Å². The third kappa shape index (κ3) is 9.42. The quantitative estimate of drug-likeness (QED) is 0.672. The van der Waals surface area contributed by atoms with Crippen molar-refractivity contribution in [2.45, 2.75) is 58.9 Å². The molecule has 104 valence electrons. The topological polar surface area (TPSA) is 41.1 Å². The van der Waals surface area contributed by atoms with Crippen molar-refractivity contribution in [3.8, 4) is 0 Å². The van der Waals surface area contributed by atoms with Crippen LogP contribution in [0.5, 0.6) is 0 Å². The molecule has 0 aliphatic carbocycles. The van der Waals surface area contributed by atoms with Gasteiger partial charge in [-0.1, -0.05) is 40.0 Å². The fourth-order valence-electron chi connectivity index (χ4n) is 1.83. The summed E-state index contributed by atoms with van der Waals surface area (Å²) in [5.41, 5.74) is 0. The summed E-state index contributed by atoms with van der Waals surface area (Å²) in [6, 6.07) is 0.372. The van der Waals surface area contributed by atoms with Gasteiger partial charge in [0.2, 0.25) is 5.91 Å². The average molecular weight is 265 g/mol. The Bertz CT molecular complexity index is 188. The number of halogens is 1. The molecular formula is C13H29ClN2O. The van der Waals surface area contributed by atoms with Crippen molar-refractivity contribution >= 4 is 18.3 Å². The van der Waals surface area contributed by atoms with Crippen LogP contribution in [0.25, 0.3) is 0 Å². The number of amides is 1. The van der Waals surface area contributed by atoms with E-state index < -0.39 is 0 Å². The Kier molecular flexibility index (Phi) is 13.7. The number of unbranched alkanes of at least 4 members (excludes halogenated alkanes) is 1. The lowest BCUT2D eigenvalue weighted by Crippen LogP contribution is -2.40. The molecule has 0 fully saturated rings. The molecule has 2 unspecified atom stereocenters. The highest BCUT2D eigenvalue weighted by Gasteiger charge is 2.16. The van der Waals surface area contributed by atoms with Gasteiger partial charge in [0.1, 0.15) is 0 Å². The van der Waals surface area contributed by atoms with Gasteiger partial charge in [0.25, 0.3) is 0 Å². The van der Waals surface area contributed by atoms with Gasteiger partial charge in [0.15, 0.2) is 0 Å². The molecule has 2 N–H and O–H groups in total. The van der Waals surface area contributed by atoms with Crippen LogP contribution in [-0.4, -0.2) is 25.5 Å². The number of nitrogens with one attached hydrogen (secondary N) is 2. The monoisotopic (exact) mass is 264 g/mol. The molecule has 0 saturated heterocycles. The molecule has 0 aromatic heterocycles. The lowest BCUT2D eigenvalue weighted by molar-refractivity contribution is -0.125. The van der Waals surface area contributed by atoms with Gasteiger partial charge in [0.05, 0.1) is 0 Å². The minimum absolute atomic E-state index is 0. The first-order chi connectivity index (χ1) is 7.65. The van der Waals surface area contributed by atoms with E-state index in [4.69, 9.17) is 0 Å². The molecule has 0 aromatic carbocycles. The van der Waals surface area contributed by atoms with Gasteiger partial charge < -0.3 is 10.6 Å². The normalized spacial score (nSPS) is 13.6. The van der Waals surface area contributed by atoms with E-state index in [2.05, 4.69) is 24.5 Å². The lowest BCUT2D eigenvalue weighted by atomic mass is 10.0. The summed E-state index contributed by atoms with van der Waals surface area (Å²) in [5, 5.41) is 6.19. The third-order valence-corrected chi connectivity index (χ3v) is 2.85. The molecule has 0 radical (unpaired) electrons. The standard InChI is InChI=1S/C13H28N2O.ClH/c1-5-7-9-12(8-6-2)15-13(16)11(3)10-14-4;/h11-12,14H,5-10H2,1-4H3,(H,15,16);1H. The fourth-order valence-corrected chi connectivity index (χ4v) is 1.83. The van der Waals surface area contributed by atoms with Gasteiger partial charge >= 0.3 is 0 Å². The van der Waals surface area contributed by atoms with E-state index in [0.717, 1.165) is 25.8 Å². The minimum Gasteiger partial charge on any atom is -0.353 e. The summed E-state index contributed by atoms with van der Waals surface area (Å²) in [6.07, 6.45) is 5.74. The maximum absolute atomic E-state index is 11.8. The van der Waals surface area contributed by atoms with Crippen molar-refractivity contribution < 1.29 is 4.79 Å². The Morgan fingerprint density at radius 2 is 1.82 bits per heavy atom. The van der Waals surface area contributed by atoms with Crippen LogP contribution in [0.15, 0.2) is 0 Å². The van der Waals surface area contributed by atoms with E-state index in [1.165, 1.54) is 12.8 Å². The zero-order valence-electron chi connectivity index (χ0n) is 11.7. The van der Waals surface area contributed by atoms with Gasteiger partial charge in [-0.3, -0.25) is 4.79 Å². The van der Waals surface area contributed by atoms with Crippen molar-refractivity contribution in [1.29, 1.82) is 0 Å². The first-order valence-electron chi connectivity index (χ1n) is 6.60. The maximum Gasteiger partial charge on any atom is 0.224 e. The van der Waals surface area contributed by atoms with E-state index in [1.54, 1.807) is 0 Å². The SMILES string of the molecule is CCCCC(CCC)NC(=O)C(C)CNC.Cl. The average Bonchev–Trinajstić information content (AvgIpc) is 2.26. The number of rotatable bonds is 9. The zero-order valence-corrected chi connectivity index (χ0v) is 12.5. The number of hydrogen-bond donors (Lipinski definition) is 2. The molecule has 0 heterocycles. The van der Waals surface area contributed by atoms with E-state index in [0.29, 0.717) is 6.04 Å². The molecule has 1 amide bonds. The zero-order chi connectivity index (χ0) is 12.4. The van der Waals surface area contributed by atoms with Crippen molar-refractivity contribution in [3.63, 3.8) is 0 Å². The third-order valence-electron chi connectivity index (χ3n) is 2.85. The Morgan fingerprint density at radius 1 is 1.18 bits per heavy atom. The Morgan fingerprint density at radius 3 is 2.29 bits per heavy atom. The largest absolute Gasteiger partial charge is 0.353 e. The van der Waals surface area contributed by atoms with Crippen LogP contribution in [0.2, 0.25) is 0 Å². The van der Waals surface area contributed by atoms with Crippen molar-refractivity contribution in [2.24, 2.45) is 5.92 Å². The van der Waals surface area contributed by atoms with Crippen molar-refractivity contribution in [3.05, 3.63) is 0 Å². The second-order valence-corrected chi connectivity index (χ2v) is 4.60. The minimum atomic E-state index is 0. The van der Waals surface area contributed by atoms with Gasteiger partial charge in [-0.15, -0.1) is 12.4 Å². The number of carbonyl (C=O) groups is 1. The van der Waals surface area contributed by atoms with E-state index in [-0.39, 0.29) is 24.2 Å². The van der Waals surface area contributed by atoms with Gasteiger partial charge in [-0.05, 0) is 19.9 Å². The maximum atomic E-state index is 11.8. The van der Waals surface area contributed by atoms with E-state index in [9.17, 15) is 4.79 Å². The fraction of sp³-hybridized carbons (Fsp3) is 0.923. The highest BCUT2D eigenvalue weighted by Crippen LogP contribution is 2.07. The molecule has 0 aromatic rings. The highest BCUT2D eigenvalue weighted by molar-refractivity contribution is 5.85. The van der Waals surface area contributed by atoms with Crippen LogP contribution in [-0.2, 0) is 4.79 Å². The molecule has 3 nitrogen and oxygen atoms in total. The van der Waals surface area contributed by atoms with Crippen LogP contribution in [0.1, 0.15) is 52.9 Å². The van der Waals surface area contributed by atoms with E-state index in [1.807, 2.05) is 14.0 Å². The van der Waals surface area contributed by atoms with Crippen LogP contribution in [0.4, 0.5) is 0 Å². The summed E-state index contributed by atoms with van der Waals surface area (Å²) >= 11 is 0. The molecule has 0 bridgehead atoms. The summed E-state index contributed by atoms with van der Waals surface area (Å²) in [7, 11) is 1.88. The Labute approximate surface area is 113 Å². The molecule has 2 atom stereocenters. The first kappa shape index (κ1) is 19.1. The summed E-state index contributed by atoms with van der Waals surface area (Å²) < 4.78 is 0. The summed E-state index contributed by atoms with van der Waals surface area (Å²) in [6.45, 7) is 7.07. The predicted molar refractivity (Wildman–Crippen MR) is 76.7 cm³/mol. The molecule has 0 saturated carbocycles. The summed E-state index contributed by atoms with van der Waals surface area (Å²) in [5.74, 6) is 0.245. The molecule has 4 heteroatoms. The van der Waals surface area contributed by atoms with Gasteiger partial charge in [-0.2, -0.15) is 0 Å². The number of hydrogen-bond acceptors (Lipinski definition) is 2. The molecular weight excluding hydrogens is 236 g/mol. The number of carbonyl (C=O) groups excluding carboxylic acids is 1. The smallest absolute Gasteiger partial charge is 0.224 e. The summed E-state index contributed by atoms with van der Waals surface area (Å²) in [4.78, 5) is 11.8. The van der Waals surface area contributed by atoms with Crippen LogP contribution < -0.4 is 10.6 Å². The molecule has 0 spiro atoms. The van der Waals surface area contributed by atoms with Crippen LogP contribution in [0.3, 0.4) is 0 Å².